The van der Waals surface area contributed by atoms with Gasteiger partial charge in [0.25, 0.3) is 0 Å². The fourth-order valence-corrected chi connectivity index (χ4v) is 4.75. The largest absolute Gasteiger partial charge is 0.356 e. The summed E-state index contributed by atoms with van der Waals surface area (Å²) in [5, 5.41) is 10.1. The van der Waals surface area contributed by atoms with E-state index in [-0.39, 0.29) is 0 Å². The van der Waals surface area contributed by atoms with Crippen molar-refractivity contribution in [3.05, 3.63) is 59.3 Å². The molecule has 0 bridgehead atoms. The number of nitriles is 1. The normalized spacial score (nSPS) is 16.5. The number of aromatic nitrogens is 3. The lowest BCUT2D eigenvalue weighted by Crippen LogP contribution is -2.32. The van der Waals surface area contributed by atoms with E-state index in [1.165, 1.54) is 0 Å². The van der Waals surface area contributed by atoms with E-state index in [0.29, 0.717) is 22.9 Å². The minimum Gasteiger partial charge on any atom is -0.356 e. The van der Waals surface area contributed by atoms with Crippen LogP contribution in [0.25, 0.3) is 27.9 Å². The summed E-state index contributed by atoms with van der Waals surface area (Å²) in [6.07, 6.45) is 1.10. The topological polar surface area (TPSA) is 60.5 Å². The van der Waals surface area contributed by atoms with E-state index in [1.54, 1.807) is 0 Å². The van der Waals surface area contributed by atoms with Crippen LogP contribution >= 0.6 is 0 Å². The van der Waals surface area contributed by atoms with Gasteiger partial charge in [-0.1, -0.05) is 30.3 Å². The Balaban J connectivity index is 1.91. The van der Waals surface area contributed by atoms with Crippen LogP contribution in [0.5, 0.6) is 0 Å². The van der Waals surface area contributed by atoms with Crippen molar-refractivity contribution in [2.75, 3.05) is 32.1 Å². The van der Waals surface area contributed by atoms with Gasteiger partial charge >= 0.3 is 0 Å². The quantitative estimate of drug-likeness (QED) is 0.507. The predicted octanol–water partition coefficient (Wildman–Crippen LogP) is 4.18. The standard InChI is InChI=1S/C25H26N6/c1-16-10-11-21-23(27-16)28-24-20(14-26)17(2)22(18-8-6-5-7-9-18)25(31(21)24)30-13-12-19(15-30)29(3)4/h5-11,19H,12-13,15H2,1-4H3/t19-/m0/s1. The monoisotopic (exact) mass is 410 g/mol. The molecule has 1 atom stereocenters. The first-order chi connectivity index (χ1) is 15.0. The second kappa shape index (κ2) is 7.36. The molecule has 4 aromatic rings. The van der Waals surface area contributed by atoms with Crippen molar-refractivity contribution >= 4 is 22.6 Å². The van der Waals surface area contributed by atoms with Gasteiger partial charge in [-0.15, -0.1) is 0 Å². The third-order valence-corrected chi connectivity index (χ3v) is 6.43. The van der Waals surface area contributed by atoms with E-state index < -0.39 is 0 Å². The molecule has 0 aliphatic carbocycles. The number of aryl methyl sites for hydroxylation is 1. The van der Waals surface area contributed by atoms with Gasteiger partial charge in [0.2, 0.25) is 0 Å². The van der Waals surface area contributed by atoms with Crippen LogP contribution in [0.15, 0.2) is 42.5 Å². The Morgan fingerprint density at radius 3 is 2.52 bits per heavy atom. The second-order valence-electron chi connectivity index (χ2n) is 8.59. The molecule has 4 heterocycles. The highest BCUT2D eigenvalue weighted by atomic mass is 15.3. The van der Waals surface area contributed by atoms with E-state index in [2.05, 4.69) is 69.7 Å². The highest BCUT2D eigenvalue weighted by Gasteiger charge is 2.31. The smallest absolute Gasteiger partial charge is 0.178 e. The van der Waals surface area contributed by atoms with Crippen LogP contribution in [-0.2, 0) is 0 Å². The lowest BCUT2D eigenvalue weighted by Gasteiger charge is -2.27. The summed E-state index contributed by atoms with van der Waals surface area (Å²) in [7, 11) is 4.29. The summed E-state index contributed by atoms with van der Waals surface area (Å²) in [6.45, 7) is 5.91. The van der Waals surface area contributed by atoms with Crippen molar-refractivity contribution in [3.63, 3.8) is 0 Å². The number of hydrogen-bond donors (Lipinski definition) is 0. The first kappa shape index (κ1) is 19.5. The van der Waals surface area contributed by atoms with Gasteiger partial charge in [-0.3, -0.25) is 4.40 Å². The lowest BCUT2D eigenvalue weighted by molar-refractivity contribution is 0.315. The molecule has 0 amide bonds. The van der Waals surface area contributed by atoms with Crippen LogP contribution in [0.1, 0.15) is 23.2 Å². The molecular formula is C25H26N6. The molecule has 6 nitrogen and oxygen atoms in total. The minimum absolute atomic E-state index is 0.491. The predicted molar refractivity (Wildman–Crippen MR) is 124 cm³/mol. The first-order valence-corrected chi connectivity index (χ1v) is 10.7. The van der Waals surface area contributed by atoms with Crippen LogP contribution < -0.4 is 4.90 Å². The van der Waals surface area contributed by atoms with E-state index in [9.17, 15) is 5.26 Å². The summed E-state index contributed by atoms with van der Waals surface area (Å²) in [4.78, 5) is 14.2. The van der Waals surface area contributed by atoms with Gasteiger partial charge in [-0.25, -0.2) is 9.97 Å². The molecule has 0 spiro atoms. The van der Waals surface area contributed by atoms with Gasteiger partial charge in [0.1, 0.15) is 11.9 Å². The number of nitrogens with zero attached hydrogens (tertiary/aromatic N) is 6. The summed E-state index contributed by atoms with van der Waals surface area (Å²) in [5.41, 5.74) is 7.04. The van der Waals surface area contributed by atoms with Crippen LogP contribution in [0.4, 0.5) is 5.82 Å². The molecule has 31 heavy (non-hydrogen) atoms. The zero-order valence-corrected chi connectivity index (χ0v) is 18.4. The summed E-state index contributed by atoms with van der Waals surface area (Å²) in [5.74, 6) is 1.11. The molecular weight excluding hydrogens is 384 g/mol. The number of hydrogen-bond acceptors (Lipinski definition) is 5. The van der Waals surface area contributed by atoms with Crippen LogP contribution in [0.3, 0.4) is 0 Å². The van der Waals surface area contributed by atoms with E-state index in [0.717, 1.165) is 53.2 Å². The van der Waals surface area contributed by atoms with Crippen LogP contribution in [0.2, 0.25) is 0 Å². The van der Waals surface area contributed by atoms with Gasteiger partial charge in [0, 0.05) is 30.4 Å². The summed E-state index contributed by atoms with van der Waals surface area (Å²) in [6, 6.07) is 17.4. The molecule has 156 valence electrons. The lowest BCUT2D eigenvalue weighted by atomic mass is 9.97. The number of imidazole rings is 1. The fraction of sp³-hybridized carbons (Fsp3) is 0.320. The molecule has 5 rings (SSSR count). The second-order valence-corrected chi connectivity index (χ2v) is 8.59. The van der Waals surface area contributed by atoms with Crippen molar-refractivity contribution in [1.29, 1.82) is 5.26 Å². The Kier molecular flexibility index (Phi) is 4.64. The fourth-order valence-electron chi connectivity index (χ4n) is 4.75. The molecule has 1 fully saturated rings. The van der Waals surface area contributed by atoms with Crippen molar-refractivity contribution in [3.8, 4) is 17.2 Å². The average molecular weight is 411 g/mol. The van der Waals surface area contributed by atoms with Gasteiger partial charge in [0.15, 0.2) is 11.3 Å². The minimum atomic E-state index is 0.491. The Bertz CT molecular complexity index is 1330. The molecule has 0 radical (unpaired) electrons. The highest BCUT2D eigenvalue weighted by molar-refractivity contribution is 5.91. The molecule has 1 saturated heterocycles. The molecule has 6 heteroatoms. The number of benzene rings is 1. The molecule has 1 aliphatic rings. The third-order valence-electron chi connectivity index (χ3n) is 6.43. The Labute approximate surface area is 182 Å². The number of pyridine rings is 2. The first-order valence-electron chi connectivity index (χ1n) is 10.7. The summed E-state index contributed by atoms with van der Waals surface area (Å²) < 4.78 is 2.16. The van der Waals surface area contributed by atoms with E-state index in [1.807, 2.05) is 26.0 Å². The Hall–Kier alpha value is -3.43. The number of anilines is 1. The zero-order valence-electron chi connectivity index (χ0n) is 18.4. The van der Waals surface area contributed by atoms with Crippen molar-refractivity contribution in [1.82, 2.24) is 19.3 Å². The van der Waals surface area contributed by atoms with E-state index >= 15 is 0 Å². The molecule has 1 aliphatic heterocycles. The van der Waals surface area contributed by atoms with Gasteiger partial charge < -0.3 is 9.80 Å². The number of likely N-dealkylation sites (N-methyl/N-ethyl adjacent to an activating group) is 1. The zero-order chi connectivity index (χ0) is 21.7. The molecule has 3 aromatic heterocycles. The third kappa shape index (κ3) is 3.05. The maximum Gasteiger partial charge on any atom is 0.178 e. The van der Waals surface area contributed by atoms with Crippen molar-refractivity contribution in [2.24, 2.45) is 0 Å². The maximum absolute atomic E-state index is 10.1. The molecule has 0 saturated carbocycles. The van der Waals surface area contributed by atoms with Crippen molar-refractivity contribution < 1.29 is 0 Å². The molecule has 0 unspecified atom stereocenters. The van der Waals surface area contributed by atoms with Crippen LogP contribution in [0, 0.1) is 25.2 Å². The Morgan fingerprint density at radius 2 is 1.84 bits per heavy atom. The SMILES string of the molecule is Cc1ccc2c(n1)nc1c(C#N)c(C)c(-c3ccccc3)c(N3CC[C@H](N(C)C)C3)n12. The average Bonchev–Trinajstić information content (AvgIpc) is 3.38. The molecule has 1 aromatic carbocycles. The van der Waals surface area contributed by atoms with Crippen molar-refractivity contribution in [2.45, 2.75) is 26.3 Å². The highest BCUT2D eigenvalue weighted by Crippen LogP contribution is 2.40. The van der Waals surface area contributed by atoms with Gasteiger partial charge in [-0.05, 0) is 57.6 Å². The van der Waals surface area contributed by atoms with E-state index in [4.69, 9.17) is 4.98 Å². The number of rotatable bonds is 3. The summed E-state index contributed by atoms with van der Waals surface area (Å²) >= 11 is 0. The molecule has 0 N–H and O–H groups in total. The van der Waals surface area contributed by atoms with Crippen LogP contribution in [-0.4, -0.2) is 52.5 Å². The Morgan fingerprint density at radius 1 is 1.06 bits per heavy atom. The maximum atomic E-state index is 10.1. The van der Waals surface area contributed by atoms with Gasteiger partial charge in [-0.2, -0.15) is 5.26 Å². The van der Waals surface area contributed by atoms with Gasteiger partial charge in [0.05, 0.1) is 11.1 Å². The number of fused-ring (bicyclic) bond motifs is 3.